The van der Waals surface area contributed by atoms with Crippen LogP contribution in [0.25, 0.3) is 44.5 Å². The van der Waals surface area contributed by atoms with Gasteiger partial charge in [-0.2, -0.15) is 0 Å². The lowest BCUT2D eigenvalue weighted by Crippen LogP contribution is -2.26. The molecule has 4 aromatic carbocycles. The molecule has 4 heterocycles. The topological polar surface area (TPSA) is 69.0 Å². The maximum atomic E-state index is 6.06. The summed E-state index contributed by atoms with van der Waals surface area (Å²) in [6, 6.07) is 39.9. The van der Waals surface area contributed by atoms with Gasteiger partial charge < -0.3 is 9.47 Å². The Hall–Kier alpha value is -5.88. The van der Waals surface area contributed by atoms with E-state index in [1.807, 2.05) is 52.2 Å². The van der Waals surface area contributed by atoms with Crippen LogP contribution in [0.5, 0.6) is 0 Å². The highest BCUT2D eigenvalue weighted by Crippen LogP contribution is 2.63. The summed E-state index contributed by atoms with van der Waals surface area (Å²) in [6.45, 7) is 9.47. The maximum absolute atomic E-state index is 6.06. The van der Waals surface area contributed by atoms with E-state index in [1.165, 1.54) is 44.5 Å². The monoisotopic (exact) mass is 664 g/mol. The Labute approximate surface area is 297 Å². The Morgan fingerprint density at radius 2 is 0.863 bits per heavy atom. The Morgan fingerprint density at radius 1 is 0.451 bits per heavy atom. The Bertz CT molecular complexity index is 2300. The number of aromatic nitrogens is 2. The zero-order chi connectivity index (χ0) is 34.5. The van der Waals surface area contributed by atoms with Crippen LogP contribution in [0.3, 0.4) is 0 Å². The fraction of sp³-hybridized carbons (Fsp3) is 0.200. The number of aliphatic imine (C=N–C) groups is 2. The summed E-state index contributed by atoms with van der Waals surface area (Å²) < 4.78 is 12.1. The predicted molar refractivity (Wildman–Crippen MR) is 202 cm³/mol. The first-order valence-electron chi connectivity index (χ1n) is 17.6. The lowest BCUT2D eigenvalue weighted by Gasteiger charge is -2.31. The van der Waals surface area contributed by atoms with E-state index in [0.717, 1.165) is 33.6 Å². The van der Waals surface area contributed by atoms with E-state index in [-0.39, 0.29) is 11.2 Å². The van der Waals surface area contributed by atoms with Crippen molar-refractivity contribution in [2.24, 2.45) is 9.98 Å². The van der Waals surface area contributed by atoms with Gasteiger partial charge in [0.25, 0.3) is 0 Å². The molecule has 1 spiro atoms. The second-order valence-electron chi connectivity index (χ2n) is 15.2. The summed E-state index contributed by atoms with van der Waals surface area (Å²) in [7, 11) is 0. The molecule has 0 atom stereocenters. The third kappa shape index (κ3) is 4.48. The van der Waals surface area contributed by atoms with Crippen LogP contribution < -0.4 is 0 Å². The fourth-order valence-electron chi connectivity index (χ4n) is 8.32. The molecule has 51 heavy (non-hydrogen) atoms. The lowest BCUT2D eigenvalue weighted by atomic mass is 9.70. The molecule has 2 aliphatic heterocycles. The van der Waals surface area contributed by atoms with Gasteiger partial charge in [0.15, 0.2) is 0 Å². The van der Waals surface area contributed by atoms with Crippen LogP contribution in [-0.2, 0) is 14.9 Å². The first kappa shape index (κ1) is 30.0. The quantitative estimate of drug-likeness (QED) is 0.188. The lowest BCUT2D eigenvalue weighted by molar-refractivity contribution is 0.130. The fourth-order valence-corrected chi connectivity index (χ4v) is 8.32. The minimum absolute atomic E-state index is 0.302. The summed E-state index contributed by atoms with van der Waals surface area (Å²) in [4.78, 5) is 18.8. The van der Waals surface area contributed by atoms with Gasteiger partial charge in [0.05, 0.1) is 18.5 Å². The third-order valence-electron chi connectivity index (χ3n) is 10.7. The summed E-state index contributed by atoms with van der Waals surface area (Å²) in [5.74, 6) is 1.22. The highest BCUT2D eigenvalue weighted by atomic mass is 16.5. The molecular formula is C45H36N4O2. The van der Waals surface area contributed by atoms with Gasteiger partial charge in [0.1, 0.15) is 22.6 Å². The number of fused-ring (bicyclic) bond motifs is 10. The molecule has 0 bridgehead atoms. The predicted octanol–water partition coefficient (Wildman–Crippen LogP) is 9.26. The minimum Gasteiger partial charge on any atom is -0.468 e. The average Bonchev–Trinajstić information content (AvgIpc) is 3.88. The number of pyridine rings is 2. The molecule has 2 aliphatic carbocycles. The molecule has 0 amide bonds. The summed E-state index contributed by atoms with van der Waals surface area (Å²) in [6.07, 6.45) is 3.88. The molecule has 6 nitrogen and oxygen atoms in total. The summed E-state index contributed by atoms with van der Waals surface area (Å²) in [5.41, 5.74) is 15.0. The SMILES string of the molecule is CC1(C)CN=C(c2ccc(-c3ccc4c(c3)C3(c5ccccc5-c5ccccc53)c3cc(-c5ccc(C6=NCC(C)(C)O6)nc5)ccc3-4)cn2)O1. The maximum Gasteiger partial charge on any atom is 0.236 e. The second kappa shape index (κ2) is 10.6. The number of hydrogen-bond acceptors (Lipinski definition) is 6. The van der Waals surface area contributed by atoms with Crippen molar-refractivity contribution in [2.45, 2.75) is 44.3 Å². The number of ether oxygens (including phenoxy) is 2. The molecule has 10 rings (SSSR count). The van der Waals surface area contributed by atoms with Crippen LogP contribution in [0.15, 0.2) is 132 Å². The number of nitrogens with zero attached hydrogens (tertiary/aromatic N) is 4. The second-order valence-corrected chi connectivity index (χ2v) is 15.2. The number of rotatable bonds is 4. The number of hydrogen-bond donors (Lipinski definition) is 0. The smallest absolute Gasteiger partial charge is 0.236 e. The van der Waals surface area contributed by atoms with Crippen molar-refractivity contribution in [3.63, 3.8) is 0 Å². The molecule has 2 aromatic heterocycles. The largest absolute Gasteiger partial charge is 0.468 e. The van der Waals surface area contributed by atoms with Gasteiger partial charge in [-0.05, 0) is 108 Å². The summed E-state index contributed by atoms with van der Waals surface area (Å²) >= 11 is 0. The van der Waals surface area contributed by atoms with E-state index in [2.05, 4.69) is 107 Å². The van der Waals surface area contributed by atoms with Crippen molar-refractivity contribution in [2.75, 3.05) is 13.1 Å². The van der Waals surface area contributed by atoms with Gasteiger partial charge in [-0.3, -0.25) is 9.97 Å². The van der Waals surface area contributed by atoms with Crippen molar-refractivity contribution < 1.29 is 9.47 Å². The highest BCUT2D eigenvalue weighted by Gasteiger charge is 2.51. The normalized spacial score (nSPS) is 17.9. The Kier molecular flexibility index (Phi) is 6.21. The van der Waals surface area contributed by atoms with Crippen LogP contribution in [0.2, 0.25) is 0 Å². The van der Waals surface area contributed by atoms with Gasteiger partial charge in [-0.15, -0.1) is 0 Å². The highest BCUT2D eigenvalue weighted by molar-refractivity contribution is 5.98. The van der Waals surface area contributed by atoms with Gasteiger partial charge in [0, 0.05) is 23.5 Å². The van der Waals surface area contributed by atoms with E-state index < -0.39 is 5.41 Å². The van der Waals surface area contributed by atoms with E-state index in [9.17, 15) is 0 Å². The Morgan fingerprint density at radius 3 is 1.25 bits per heavy atom. The van der Waals surface area contributed by atoms with E-state index >= 15 is 0 Å². The van der Waals surface area contributed by atoms with Crippen molar-refractivity contribution in [1.82, 2.24) is 9.97 Å². The van der Waals surface area contributed by atoms with Crippen molar-refractivity contribution >= 4 is 11.8 Å². The number of benzene rings is 4. The molecule has 6 heteroatoms. The van der Waals surface area contributed by atoms with Crippen molar-refractivity contribution in [1.29, 1.82) is 0 Å². The molecule has 0 saturated heterocycles. The standard InChI is InChI=1S/C45H36N4O2/c1-43(2)25-48-41(50-43)39-19-15-29(23-46-39)27-13-17-33-34-18-14-28(30-16-20-40(47-24-30)42-49-26-44(3,4)51-42)22-38(34)45(37(33)21-27)35-11-7-5-9-31(35)32-10-6-8-12-36(32)45/h5-24H,25-26H2,1-4H3. The van der Waals surface area contributed by atoms with E-state index in [0.29, 0.717) is 24.9 Å². The van der Waals surface area contributed by atoms with Gasteiger partial charge >= 0.3 is 0 Å². The molecule has 0 N–H and O–H groups in total. The third-order valence-corrected chi connectivity index (χ3v) is 10.7. The molecular weight excluding hydrogens is 629 g/mol. The van der Waals surface area contributed by atoms with Crippen molar-refractivity contribution in [3.05, 3.63) is 155 Å². The summed E-state index contributed by atoms with van der Waals surface area (Å²) in [5, 5.41) is 0. The van der Waals surface area contributed by atoms with Gasteiger partial charge in [-0.25, -0.2) is 9.98 Å². The molecule has 4 aliphatic rings. The molecule has 6 aromatic rings. The van der Waals surface area contributed by atoms with Crippen LogP contribution in [-0.4, -0.2) is 46.1 Å². The molecule has 0 radical (unpaired) electrons. The molecule has 248 valence electrons. The zero-order valence-electron chi connectivity index (χ0n) is 29.1. The minimum atomic E-state index is -0.486. The van der Waals surface area contributed by atoms with Crippen LogP contribution >= 0.6 is 0 Å². The molecule has 0 fully saturated rings. The first-order chi connectivity index (χ1) is 24.7. The van der Waals surface area contributed by atoms with Gasteiger partial charge in [-0.1, -0.05) is 84.9 Å². The van der Waals surface area contributed by atoms with E-state index in [1.54, 1.807) is 0 Å². The molecule has 0 unspecified atom stereocenters. The van der Waals surface area contributed by atoms with Crippen LogP contribution in [0.1, 0.15) is 61.3 Å². The van der Waals surface area contributed by atoms with Crippen LogP contribution in [0, 0.1) is 0 Å². The van der Waals surface area contributed by atoms with Gasteiger partial charge in [0.2, 0.25) is 11.8 Å². The average molecular weight is 665 g/mol. The first-order valence-corrected chi connectivity index (χ1v) is 17.6. The van der Waals surface area contributed by atoms with E-state index in [4.69, 9.17) is 19.4 Å². The molecule has 0 saturated carbocycles. The van der Waals surface area contributed by atoms with Crippen molar-refractivity contribution in [3.8, 4) is 44.5 Å². The zero-order valence-corrected chi connectivity index (χ0v) is 29.1. The van der Waals surface area contributed by atoms with Crippen LogP contribution in [0.4, 0.5) is 0 Å². The Balaban J connectivity index is 1.12.